The van der Waals surface area contributed by atoms with Gasteiger partial charge in [-0.05, 0) is 62.7 Å². The highest BCUT2D eigenvalue weighted by Gasteiger charge is 2.53. The van der Waals surface area contributed by atoms with Crippen molar-refractivity contribution in [3.63, 3.8) is 0 Å². The van der Waals surface area contributed by atoms with Crippen molar-refractivity contribution < 1.29 is 0 Å². The van der Waals surface area contributed by atoms with Gasteiger partial charge in [0.15, 0.2) is 0 Å². The van der Waals surface area contributed by atoms with Crippen LogP contribution in [0, 0.1) is 17.8 Å². The maximum Gasteiger partial charge on any atom is 0.147 e. The molecule has 4 aliphatic rings. The SMILES string of the molecule is CCCn1c(CCl)nnc1C12CC3CC(CC(C3)C1)C2. The highest BCUT2D eigenvalue weighted by atomic mass is 35.5. The zero-order valence-corrected chi connectivity index (χ0v) is 13.1. The molecule has 0 spiro atoms. The zero-order valence-electron chi connectivity index (χ0n) is 12.3. The fourth-order valence-electron chi connectivity index (χ4n) is 5.67. The van der Waals surface area contributed by atoms with Crippen molar-refractivity contribution >= 4 is 11.6 Å². The van der Waals surface area contributed by atoms with Gasteiger partial charge < -0.3 is 4.57 Å². The topological polar surface area (TPSA) is 30.7 Å². The van der Waals surface area contributed by atoms with Crippen LogP contribution < -0.4 is 0 Å². The monoisotopic (exact) mass is 293 g/mol. The summed E-state index contributed by atoms with van der Waals surface area (Å²) in [6.07, 6.45) is 9.60. The molecule has 0 atom stereocenters. The standard InChI is InChI=1S/C16H24ClN3/c1-2-3-20-14(10-17)18-19-15(20)16-7-11-4-12(8-16)6-13(5-11)9-16/h11-13H,2-10H2,1H3. The van der Waals surface area contributed by atoms with Crippen LogP contribution in [0.5, 0.6) is 0 Å². The molecule has 0 radical (unpaired) electrons. The highest BCUT2D eigenvalue weighted by molar-refractivity contribution is 6.16. The minimum absolute atomic E-state index is 0.335. The molecular formula is C16H24ClN3. The average Bonchev–Trinajstić information content (AvgIpc) is 2.81. The van der Waals surface area contributed by atoms with Crippen LogP contribution in [0.15, 0.2) is 0 Å². The lowest BCUT2D eigenvalue weighted by Crippen LogP contribution is -2.49. The molecule has 0 amide bonds. The third-order valence-corrected chi connectivity index (χ3v) is 6.15. The van der Waals surface area contributed by atoms with Crippen LogP contribution in [0.2, 0.25) is 0 Å². The summed E-state index contributed by atoms with van der Waals surface area (Å²) < 4.78 is 2.35. The summed E-state index contributed by atoms with van der Waals surface area (Å²) in [5, 5.41) is 9.02. The molecule has 0 N–H and O–H groups in total. The first-order chi connectivity index (χ1) is 9.74. The number of hydrogen-bond donors (Lipinski definition) is 0. The smallest absolute Gasteiger partial charge is 0.147 e. The minimum atomic E-state index is 0.335. The summed E-state index contributed by atoms with van der Waals surface area (Å²) in [5.41, 5.74) is 0.335. The number of hydrogen-bond acceptors (Lipinski definition) is 2. The second kappa shape index (κ2) is 4.72. The number of rotatable bonds is 4. The molecule has 0 aromatic carbocycles. The molecule has 0 aliphatic heterocycles. The number of halogens is 1. The first-order valence-electron chi connectivity index (χ1n) is 8.22. The molecule has 4 fully saturated rings. The molecule has 3 nitrogen and oxygen atoms in total. The van der Waals surface area contributed by atoms with Gasteiger partial charge >= 0.3 is 0 Å². The molecule has 4 aliphatic carbocycles. The van der Waals surface area contributed by atoms with Gasteiger partial charge in [0, 0.05) is 12.0 Å². The van der Waals surface area contributed by atoms with Crippen LogP contribution in [-0.4, -0.2) is 14.8 Å². The summed E-state index contributed by atoms with van der Waals surface area (Å²) in [5.74, 6) is 5.58. The van der Waals surface area contributed by atoms with Crippen molar-refractivity contribution in [3.8, 4) is 0 Å². The van der Waals surface area contributed by atoms with Crippen molar-refractivity contribution in [2.75, 3.05) is 0 Å². The van der Waals surface area contributed by atoms with E-state index in [2.05, 4.69) is 21.7 Å². The molecular weight excluding hydrogens is 270 g/mol. The molecule has 1 aromatic heterocycles. The Kier molecular flexibility index (Phi) is 3.10. The van der Waals surface area contributed by atoms with Gasteiger partial charge in [-0.3, -0.25) is 0 Å². The Labute approximate surface area is 126 Å². The zero-order chi connectivity index (χ0) is 13.7. The molecule has 4 bridgehead atoms. The van der Waals surface area contributed by atoms with E-state index >= 15 is 0 Å². The third kappa shape index (κ3) is 1.85. The van der Waals surface area contributed by atoms with Crippen LogP contribution in [0.3, 0.4) is 0 Å². The predicted molar refractivity (Wildman–Crippen MR) is 79.7 cm³/mol. The predicted octanol–water partition coefficient (Wildman–Crippen LogP) is 3.89. The molecule has 0 unspecified atom stereocenters. The molecule has 5 rings (SSSR count). The lowest BCUT2D eigenvalue weighted by molar-refractivity contribution is -0.0112. The van der Waals surface area contributed by atoms with Crippen LogP contribution in [0.1, 0.15) is 63.5 Å². The van der Waals surface area contributed by atoms with Gasteiger partial charge in [-0.2, -0.15) is 0 Å². The van der Waals surface area contributed by atoms with Crippen molar-refractivity contribution in [2.24, 2.45) is 17.8 Å². The Morgan fingerprint density at radius 2 is 1.70 bits per heavy atom. The second-order valence-corrected chi connectivity index (χ2v) is 7.69. The van der Waals surface area contributed by atoms with E-state index in [0.29, 0.717) is 11.3 Å². The van der Waals surface area contributed by atoms with Gasteiger partial charge in [-0.25, -0.2) is 0 Å². The minimum Gasteiger partial charge on any atom is -0.314 e. The third-order valence-electron chi connectivity index (χ3n) is 5.91. The number of aromatic nitrogens is 3. The van der Waals surface area contributed by atoms with E-state index in [1.807, 2.05) is 0 Å². The van der Waals surface area contributed by atoms with Gasteiger partial charge in [0.25, 0.3) is 0 Å². The second-order valence-electron chi connectivity index (χ2n) is 7.42. The van der Waals surface area contributed by atoms with E-state index in [-0.39, 0.29) is 0 Å². The van der Waals surface area contributed by atoms with E-state index in [9.17, 15) is 0 Å². The Hall–Kier alpha value is -0.570. The molecule has 0 saturated heterocycles. The Morgan fingerprint density at radius 3 is 2.20 bits per heavy atom. The molecule has 4 saturated carbocycles. The fraction of sp³-hybridized carbons (Fsp3) is 0.875. The number of alkyl halides is 1. The Bertz CT molecular complexity index is 473. The Balaban J connectivity index is 1.75. The molecule has 1 heterocycles. The van der Waals surface area contributed by atoms with Crippen LogP contribution in [0.25, 0.3) is 0 Å². The van der Waals surface area contributed by atoms with E-state index in [1.54, 1.807) is 0 Å². The fourth-order valence-corrected chi connectivity index (χ4v) is 5.87. The van der Waals surface area contributed by atoms with E-state index < -0.39 is 0 Å². The van der Waals surface area contributed by atoms with E-state index in [1.165, 1.54) is 44.3 Å². The number of nitrogens with zero attached hydrogens (tertiary/aromatic N) is 3. The van der Waals surface area contributed by atoms with Crippen LogP contribution >= 0.6 is 11.6 Å². The van der Waals surface area contributed by atoms with Gasteiger partial charge in [0.05, 0.1) is 5.88 Å². The normalized spacial score (nSPS) is 38.6. The summed E-state index contributed by atoms with van der Waals surface area (Å²) in [6.45, 7) is 3.24. The first kappa shape index (κ1) is 13.1. The summed E-state index contributed by atoms with van der Waals surface area (Å²) in [6, 6.07) is 0. The van der Waals surface area contributed by atoms with Crippen molar-refractivity contribution in [1.29, 1.82) is 0 Å². The maximum absolute atomic E-state index is 6.07. The van der Waals surface area contributed by atoms with Crippen molar-refractivity contribution in [3.05, 3.63) is 11.6 Å². The van der Waals surface area contributed by atoms with E-state index in [4.69, 9.17) is 11.6 Å². The van der Waals surface area contributed by atoms with Gasteiger partial charge in [0.2, 0.25) is 0 Å². The summed E-state index contributed by atoms with van der Waals surface area (Å²) in [7, 11) is 0. The molecule has 20 heavy (non-hydrogen) atoms. The van der Waals surface area contributed by atoms with Crippen molar-refractivity contribution in [2.45, 2.75) is 69.7 Å². The molecule has 110 valence electrons. The first-order valence-corrected chi connectivity index (χ1v) is 8.76. The molecule has 4 heteroatoms. The average molecular weight is 294 g/mol. The Morgan fingerprint density at radius 1 is 1.10 bits per heavy atom. The van der Waals surface area contributed by atoms with Gasteiger partial charge in [0.1, 0.15) is 11.6 Å². The summed E-state index contributed by atoms with van der Waals surface area (Å²) >= 11 is 6.07. The lowest BCUT2D eigenvalue weighted by Gasteiger charge is -2.56. The van der Waals surface area contributed by atoms with Gasteiger partial charge in [-0.1, -0.05) is 6.92 Å². The highest BCUT2D eigenvalue weighted by Crippen LogP contribution is 2.60. The summed E-state index contributed by atoms with van der Waals surface area (Å²) in [4.78, 5) is 0. The van der Waals surface area contributed by atoms with Crippen molar-refractivity contribution in [1.82, 2.24) is 14.8 Å². The largest absolute Gasteiger partial charge is 0.314 e. The van der Waals surface area contributed by atoms with Crippen LogP contribution in [-0.2, 0) is 17.8 Å². The van der Waals surface area contributed by atoms with E-state index in [0.717, 1.165) is 36.5 Å². The van der Waals surface area contributed by atoms with Gasteiger partial charge in [-0.15, -0.1) is 21.8 Å². The molecule has 1 aromatic rings. The maximum atomic E-state index is 6.07. The quantitative estimate of drug-likeness (QED) is 0.788. The lowest BCUT2D eigenvalue weighted by atomic mass is 9.49. The van der Waals surface area contributed by atoms with Crippen LogP contribution in [0.4, 0.5) is 0 Å².